The van der Waals surface area contributed by atoms with Crippen molar-refractivity contribution < 1.29 is 4.79 Å². The summed E-state index contributed by atoms with van der Waals surface area (Å²) in [7, 11) is 1.88. The third-order valence-electron chi connectivity index (χ3n) is 8.33. The molecular weight excluding hydrogens is 450 g/mol. The van der Waals surface area contributed by atoms with Crippen LogP contribution in [0.1, 0.15) is 118 Å². The van der Waals surface area contributed by atoms with Crippen LogP contribution in [0.3, 0.4) is 0 Å². The topological polar surface area (TPSA) is 29.4 Å². The van der Waals surface area contributed by atoms with Crippen LogP contribution in [0.15, 0.2) is 71.7 Å². The van der Waals surface area contributed by atoms with E-state index in [0.717, 1.165) is 29.7 Å². The van der Waals surface area contributed by atoms with Gasteiger partial charge in [0.15, 0.2) is 5.78 Å². The summed E-state index contributed by atoms with van der Waals surface area (Å²) in [5.74, 6) is 0.111. The van der Waals surface area contributed by atoms with Gasteiger partial charge in [0, 0.05) is 29.3 Å². The Morgan fingerprint density at radius 3 is 1.76 bits per heavy atom. The summed E-state index contributed by atoms with van der Waals surface area (Å²) in [5.41, 5.74) is 9.24. The first-order valence-corrected chi connectivity index (χ1v) is 14.4. The maximum absolute atomic E-state index is 13.5. The van der Waals surface area contributed by atoms with Gasteiger partial charge >= 0.3 is 0 Å². The van der Waals surface area contributed by atoms with E-state index >= 15 is 0 Å². The molecule has 0 bridgehead atoms. The predicted molar refractivity (Wildman–Crippen MR) is 158 cm³/mol. The Kier molecular flexibility index (Phi) is 9.14. The Hall–Kier alpha value is -3.00. The molecule has 0 heterocycles. The van der Waals surface area contributed by atoms with Gasteiger partial charge in [-0.1, -0.05) is 120 Å². The fourth-order valence-electron chi connectivity index (χ4n) is 6.12. The van der Waals surface area contributed by atoms with Crippen molar-refractivity contribution in [1.82, 2.24) is 0 Å². The molecule has 0 radical (unpaired) electrons. The van der Waals surface area contributed by atoms with Crippen LogP contribution in [0, 0.1) is 0 Å². The van der Waals surface area contributed by atoms with Crippen LogP contribution in [-0.2, 0) is 5.41 Å². The van der Waals surface area contributed by atoms with Crippen molar-refractivity contribution >= 4 is 11.5 Å². The average molecular weight is 494 g/mol. The summed E-state index contributed by atoms with van der Waals surface area (Å²) in [6.07, 6.45) is 12.2. The van der Waals surface area contributed by atoms with E-state index in [0.29, 0.717) is 0 Å². The Balaban J connectivity index is 1.85. The number of ketones is 1. The van der Waals surface area contributed by atoms with Crippen molar-refractivity contribution in [2.24, 2.45) is 4.99 Å². The van der Waals surface area contributed by atoms with Crippen LogP contribution in [0.4, 0.5) is 0 Å². The number of rotatable bonds is 13. The summed E-state index contributed by atoms with van der Waals surface area (Å²) >= 11 is 0. The number of nitrogens with zero attached hydrogens (tertiary/aromatic N) is 1. The van der Waals surface area contributed by atoms with Crippen molar-refractivity contribution in [1.29, 1.82) is 0 Å². The van der Waals surface area contributed by atoms with Crippen LogP contribution < -0.4 is 0 Å². The van der Waals surface area contributed by atoms with Crippen molar-refractivity contribution in [2.45, 2.75) is 90.4 Å². The summed E-state index contributed by atoms with van der Waals surface area (Å²) in [6, 6.07) is 23.1. The molecule has 4 rings (SSSR count). The number of carbonyl (C=O) groups excluding carboxylic acids is 1. The van der Waals surface area contributed by atoms with Crippen molar-refractivity contribution in [3.8, 4) is 11.1 Å². The molecule has 1 aliphatic rings. The number of fused-ring (bicyclic) bond motifs is 3. The molecule has 0 unspecified atom stereocenters. The molecule has 37 heavy (non-hydrogen) atoms. The second-order valence-electron chi connectivity index (χ2n) is 10.7. The SMILES string of the molecule is CCCCCCC1(CCCCCC)c2cc(C(=O)c3ccccc3)ccc2-c2ccc(C(C)=NC)cc21. The molecular formula is C35H43NO. The van der Waals surface area contributed by atoms with Crippen LogP contribution in [0.25, 0.3) is 11.1 Å². The van der Waals surface area contributed by atoms with Crippen molar-refractivity contribution in [2.75, 3.05) is 7.05 Å². The fraction of sp³-hybridized carbons (Fsp3) is 0.429. The molecule has 194 valence electrons. The molecule has 3 aromatic carbocycles. The molecule has 0 aromatic heterocycles. The molecule has 0 spiro atoms. The van der Waals surface area contributed by atoms with E-state index < -0.39 is 0 Å². The highest BCUT2D eigenvalue weighted by Gasteiger charge is 2.42. The van der Waals surface area contributed by atoms with Crippen LogP contribution in [-0.4, -0.2) is 18.5 Å². The van der Waals surface area contributed by atoms with E-state index in [1.54, 1.807) is 0 Å². The molecule has 0 fully saturated rings. The molecule has 1 aliphatic carbocycles. The van der Waals surface area contributed by atoms with E-state index in [2.05, 4.69) is 56.1 Å². The van der Waals surface area contributed by atoms with E-state index in [9.17, 15) is 4.79 Å². The Morgan fingerprint density at radius 1 is 0.676 bits per heavy atom. The molecule has 0 saturated heterocycles. The first kappa shape index (κ1) is 27.0. The van der Waals surface area contributed by atoms with Gasteiger partial charge in [0.2, 0.25) is 0 Å². The predicted octanol–water partition coefficient (Wildman–Crippen LogP) is 9.56. The lowest BCUT2D eigenvalue weighted by atomic mass is 9.70. The van der Waals surface area contributed by atoms with Gasteiger partial charge in [0.25, 0.3) is 0 Å². The van der Waals surface area contributed by atoms with Crippen LogP contribution >= 0.6 is 0 Å². The zero-order valence-electron chi connectivity index (χ0n) is 23.3. The molecule has 0 N–H and O–H groups in total. The third kappa shape index (κ3) is 5.64. The van der Waals surface area contributed by atoms with Gasteiger partial charge in [-0.2, -0.15) is 0 Å². The maximum Gasteiger partial charge on any atom is 0.193 e. The minimum atomic E-state index is -0.0524. The summed E-state index contributed by atoms with van der Waals surface area (Å²) in [6.45, 7) is 6.66. The van der Waals surface area contributed by atoms with E-state index in [1.165, 1.54) is 79.2 Å². The molecule has 0 amide bonds. The van der Waals surface area contributed by atoms with Gasteiger partial charge in [-0.25, -0.2) is 0 Å². The van der Waals surface area contributed by atoms with Crippen molar-refractivity contribution in [3.05, 3.63) is 94.5 Å². The summed E-state index contributed by atoms with van der Waals surface area (Å²) in [5, 5.41) is 0. The average Bonchev–Trinajstić information content (AvgIpc) is 3.21. The standard InChI is InChI=1S/C35H43NO/c1-5-7-9-14-22-35(23-15-10-8-6-2)32-24-28(26(3)36-4)18-20-30(32)31-21-19-29(25-33(31)35)34(37)27-16-12-11-13-17-27/h11-13,16-21,24-25H,5-10,14-15,22-23H2,1-4H3. The lowest BCUT2D eigenvalue weighted by molar-refractivity contribution is 0.103. The zero-order chi connectivity index (χ0) is 26.3. The Bertz CT molecular complexity index is 1230. The first-order chi connectivity index (χ1) is 18.1. The number of carbonyl (C=O) groups is 1. The third-order valence-corrected chi connectivity index (χ3v) is 8.33. The van der Waals surface area contributed by atoms with E-state index in [-0.39, 0.29) is 11.2 Å². The normalized spacial score (nSPS) is 13.9. The molecule has 0 saturated carbocycles. The minimum absolute atomic E-state index is 0.0524. The quantitative estimate of drug-likeness (QED) is 0.132. The monoisotopic (exact) mass is 493 g/mol. The highest BCUT2D eigenvalue weighted by Crippen LogP contribution is 2.54. The van der Waals surface area contributed by atoms with Gasteiger partial charge in [-0.3, -0.25) is 9.79 Å². The number of aliphatic imine (C=N–C) groups is 1. The van der Waals surface area contributed by atoms with Crippen molar-refractivity contribution in [3.63, 3.8) is 0 Å². The summed E-state index contributed by atoms with van der Waals surface area (Å²) in [4.78, 5) is 18.0. The Morgan fingerprint density at radius 2 is 1.22 bits per heavy atom. The van der Waals surface area contributed by atoms with Gasteiger partial charge in [-0.05, 0) is 59.7 Å². The van der Waals surface area contributed by atoms with Gasteiger partial charge in [0.1, 0.15) is 0 Å². The molecule has 2 nitrogen and oxygen atoms in total. The second-order valence-corrected chi connectivity index (χ2v) is 10.7. The number of hydrogen-bond donors (Lipinski definition) is 0. The fourth-order valence-corrected chi connectivity index (χ4v) is 6.12. The van der Waals surface area contributed by atoms with Crippen LogP contribution in [0.5, 0.6) is 0 Å². The number of benzene rings is 3. The minimum Gasteiger partial charge on any atom is -0.293 e. The first-order valence-electron chi connectivity index (χ1n) is 14.4. The molecule has 0 aliphatic heterocycles. The lowest BCUT2D eigenvalue weighted by Gasteiger charge is -2.33. The van der Waals surface area contributed by atoms with Gasteiger partial charge < -0.3 is 0 Å². The maximum atomic E-state index is 13.5. The van der Waals surface area contributed by atoms with Gasteiger partial charge in [-0.15, -0.1) is 0 Å². The number of hydrogen-bond acceptors (Lipinski definition) is 2. The van der Waals surface area contributed by atoms with Gasteiger partial charge in [0.05, 0.1) is 0 Å². The lowest BCUT2D eigenvalue weighted by Crippen LogP contribution is -2.26. The highest BCUT2D eigenvalue weighted by atomic mass is 16.1. The highest BCUT2D eigenvalue weighted by molar-refractivity contribution is 6.09. The Labute approximate surface area is 224 Å². The second kappa shape index (κ2) is 12.5. The zero-order valence-corrected chi connectivity index (χ0v) is 23.3. The molecule has 0 atom stereocenters. The van der Waals surface area contributed by atoms with Crippen LogP contribution in [0.2, 0.25) is 0 Å². The molecule has 2 heteroatoms. The van der Waals surface area contributed by atoms with E-state index in [1.807, 2.05) is 43.4 Å². The molecule has 3 aromatic rings. The largest absolute Gasteiger partial charge is 0.293 e. The number of unbranched alkanes of at least 4 members (excludes halogenated alkanes) is 6. The van der Waals surface area contributed by atoms with E-state index in [4.69, 9.17) is 0 Å². The summed E-state index contributed by atoms with van der Waals surface area (Å²) < 4.78 is 0. The smallest absolute Gasteiger partial charge is 0.193 e.